The predicted molar refractivity (Wildman–Crippen MR) is 29.0 cm³/mol. The molecule has 9 heavy (non-hydrogen) atoms. The number of alkyl halides is 1. The summed E-state index contributed by atoms with van der Waals surface area (Å²) in [5.74, 6) is -1.42. The third-order valence-corrected chi connectivity index (χ3v) is 0.843. The summed E-state index contributed by atoms with van der Waals surface area (Å²) in [5, 5.41) is 7.98. The van der Waals surface area contributed by atoms with Gasteiger partial charge in [-0.25, -0.2) is 9.18 Å². The van der Waals surface area contributed by atoms with Crippen molar-refractivity contribution in [2.24, 2.45) is 0 Å². The number of methoxy groups -OCH3 is 1. The van der Waals surface area contributed by atoms with Crippen molar-refractivity contribution in [3.8, 4) is 0 Å². The third kappa shape index (κ3) is 3.90. The standard InChI is InChI=1S/C5H9FO3/c1-9-3-2-4(6)5(7)8/h4H,2-3H2,1H3,(H,7,8). The minimum atomic E-state index is -1.79. The summed E-state index contributed by atoms with van der Waals surface area (Å²) in [4.78, 5) is 9.77. The maximum atomic E-state index is 12.0. The minimum absolute atomic E-state index is 0.0775. The number of aliphatic carboxylic acids is 1. The third-order valence-electron chi connectivity index (χ3n) is 0.843. The van der Waals surface area contributed by atoms with E-state index in [1.165, 1.54) is 7.11 Å². The molecule has 54 valence electrons. The lowest BCUT2D eigenvalue weighted by Crippen LogP contribution is -2.16. The van der Waals surface area contributed by atoms with Crippen molar-refractivity contribution >= 4 is 5.97 Å². The first-order valence-electron chi connectivity index (χ1n) is 2.54. The topological polar surface area (TPSA) is 46.5 Å². The van der Waals surface area contributed by atoms with Gasteiger partial charge in [-0.3, -0.25) is 0 Å². The lowest BCUT2D eigenvalue weighted by molar-refractivity contribution is -0.143. The lowest BCUT2D eigenvalue weighted by Gasteiger charge is -1.99. The zero-order chi connectivity index (χ0) is 7.28. The van der Waals surface area contributed by atoms with Crippen molar-refractivity contribution < 1.29 is 19.0 Å². The van der Waals surface area contributed by atoms with Crippen LogP contribution in [0, 0.1) is 0 Å². The second kappa shape index (κ2) is 4.26. The zero-order valence-corrected chi connectivity index (χ0v) is 5.13. The second-order valence-corrected chi connectivity index (χ2v) is 1.59. The molecule has 1 N–H and O–H groups in total. The van der Waals surface area contributed by atoms with E-state index in [1.54, 1.807) is 0 Å². The number of halogens is 1. The summed E-state index contributed by atoms with van der Waals surface area (Å²) in [6, 6.07) is 0. The summed E-state index contributed by atoms with van der Waals surface area (Å²) in [5.41, 5.74) is 0. The molecule has 1 atom stereocenters. The van der Waals surface area contributed by atoms with Gasteiger partial charge in [0.05, 0.1) is 0 Å². The van der Waals surface area contributed by atoms with E-state index in [9.17, 15) is 9.18 Å². The molecular formula is C5H9FO3. The molecule has 0 heterocycles. The van der Waals surface area contributed by atoms with Gasteiger partial charge < -0.3 is 9.84 Å². The fourth-order valence-corrected chi connectivity index (χ4v) is 0.345. The summed E-state index contributed by atoms with van der Waals surface area (Å²) in [7, 11) is 1.40. The Morgan fingerprint density at radius 2 is 2.44 bits per heavy atom. The van der Waals surface area contributed by atoms with Gasteiger partial charge in [-0.1, -0.05) is 0 Å². The van der Waals surface area contributed by atoms with Gasteiger partial charge in [0.25, 0.3) is 0 Å². The van der Waals surface area contributed by atoms with Gasteiger partial charge in [-0.15, -0.1) is 0 Å². The van der Waals surface area contributed by atoms with Crippen molar-refractivity contribution in [1.29, 1.82) is 0 Å². The fourth-order valence-electron chi connectivity index (χ4n) is 0.345. The number of carbonyl (C=O) groups is 1. The number of hydrogen-bond donors (Lipinski definition) is 1. The number of hydrogen-bond acceptors (Lipinski definition) is 2. The van der Waals surface area contributed by atoms with E-state index in [1.807, 2.05) is 0 Å². The molecule has 0 fully saturated rings. The average molecular weight is 136 g/mol. The van der Waals surface area contributed by atoms with Crippen molar-refractivity contribution in [3.63, 3.8) is 0 Å². The Labute approximate surface area is 52.4 Å². The zero-order valence-electron chi connectivity index (χ0n) is 5.13. The van der Waals surface area contributed by atoms with Crippen LogP contribution in [0.25, 0.3) is 0 Å². The van der Waals surface area contributed by atoms with Gasteiger partial charge in [-0.05, 0) is 0 Å². The molecule has 1 unspecified atom stereocenters. The Bertz CT molecular complexity index is 94.2. The largest absolute Gasteiger partial charge is 0.479 e. The van der Waals surface area contributed by atoms with Crippen LogP contribution in [0.2, 0.25) is 0 Å². The molecule has 0 saturated heterocycles. The molecule has 0 rings (SSSR count). The fraction of sp³-hybridized carbons (Fsp3) is 0.800. The smallest absolute Gasteiger partial charge is 0.338 e. The molecule has 3 nitrogen and oxygen atoms in total. The predicted octanol–water partition coefficient (Wildman–Crippen LogP) is 0.446. The number of ether oxygens (including phenoxy) is 1. The van der Waals surface area contributed by atoms with E-state index >= 15 is 0 Å². The molecule has 0 bridgehead atoms. The van der Waals surface area contributed by atoms with E-state index in [4.69, 9.17) is 5.11 Å². The first kappa shape index (κ1) is 8.36. The second-order valence-electron chi connectivity index (χ2n) is 1.59. The van der Waals surface area contributed by atoms with E-state index in [0.717, 1.165) is 0 Å². The highest BCUT2D eigenvalue weighted by molar-refractivity contribution is 5.71. The molecule has 0 aliphatic carbocycles. The molecule has 0 amide bonds. The van der Waals surface area contributed by atoms with Gasteiger partial charge in [0.15, 0.2) is 6.17 Å². The Morgan fingerprint density at radius 1 is 1.89 bits per heavy atom. The van der Waals surface area contributed by atoms with Gasteiger partial charge in [0.2, 0.25) is 0 Å². The molecule has 0 saturated carbocycles. The monoisotopic (exact) mass is 136 g/mol. The average Bonchev–Trinajstić information content (AvgIpc) is 1.82. The van der Waals surface area contributed by atoms with Crippen LogP contribution in [0.5, 0.6) is 0 Å². The Kier molecular flexibility index (Phi) is 3.96. The Morgan fingerprint density at radius 3 is 2.78 bits per heavy atom. The van der Waals surface area contributed by atoms with Crippen LogP contribution in [-0.4, -0.2) is 31.0 Å². The summed E-state index contributed by atoms with van der Waals surface area (Å²) >= 11 is 0. The number of carboxylic acid groups (broad SMARTS) is 1. The highest BCUT2D eigenvalue weighted by Gasteiger charge is 2.13. The van der Waals surface area contributed by atoms with Crippen molar-refractivity contribution in [2.75, 3.05) is 13.7 Å². The molecule has 0 aliphatic rings. The molecule has 0 aromatic carbocycles. The van der Waals surface area contributed by atoms with Crippen LogP contribution in [0.3, 0.4) is 0 Å². The van der Waals surface area contributed by atoms with Gasteiger partial charge in [0, 0.05) is 20.1 Å². The van der Waals surface area contributed by atoms with Crippen molar-refractivity contribution in [1.82, 2.24) is 0 Å². The van der Waals surface area contributed by atoms with Crippen LogP contribution in [0.1, 0.15) is 6.42 Å². The molecule has 0 radical (unpaired) electrons. The Balaban J connectivity index is 3.27. The van der Waals surface area contributed by atoms with E-state index in [-0.39, 0.29) is 13.0 Å². The molecule has 0 aromatic rings. The Hall–Kier alpha value is -0.640. The van der Waals surface area contributed by atoms with Crippen LogP contribution in [0.15, 0.2) is 0 Å². The van der Waals surface area contributed by atoms with Gasteiger partial charge >= 0.3 is 5.97 Å². The number of rotatable bonds is 4. The molecule has 0 aromatic heterocycles. The summed E-state index contributed by atoms with van der Waals surface area (Å²) < 4.78 is 16.5. The molecular weight excluding hydrogens is 127 g/mol. The highest BCUT2D eigenvalue weighted by atomic mass is 19.1. The summed E-state index contributed by atoms with van der Waals surface area (Å²) in [6.07, 6.45) is -1.86. The van der Waals surface area contributed by atoms with Crippen LogP contribution in [-0.2, 0) is 9.53 Å². The first-order valence-corrected chi connectivity index (χ1v) is 2.54. The minimum Gasteiger partial charge on any atom is -0.479 e. The van der Waals surface area contributed by atoms with Crippen LogP contribution >= 0.6 is 0 Å². The molecule has 0 aliphatic heterocycles. The van der Waals surface area contributed by atoms with Crippen LogP contribution in [0.4, 0.5) is 4.39 Å². The quantitative estimate of drug-likeness (QED) is 0.610. The lowest BCUT2D eigenvalue weighted by atomic mass is 10.3. The van der Waals surface area contributed by atoms with Crippen molar-refractivity contribution in [3.05, 3.63) is 0 Å². The van der Waals surface area contributed by atoms with Crippen LogP contribution < -0.4 is 0 Å². The van der Waals surface area contributed by atoms with Gasteiger partial charge in [-0.2, -0.15) is 0 Å². The first-order chi connectivity index (χ1) is 4.18. The maximum absolute atomic E-state index is 12.0. The summed E-state index contributed by atoms with van der Waals surface area (Å²) in [6.45, 7) is 0.146. The molecule has 4 heteroatoms. The normalized spacial score (nSPS) is 13.1. The molecule has 0 spiro atoms. The van der Waals surface area contributed by atoms with E-state index in [2.05, 4.69) is 4.74 Å². The maximum Gasteiger partial charge on any atom is 0.338 e. The number of carboxylic acids is 1. The van der Waals surface area contributed by atoms with E-state index < -0.39 is 12.1 Å². The highest BCUT2D eigenvalue weighted by Crippen LogP contribution is 1.96. The van der Waals surface area contributed by atoms with E-state index in [0.29, 0.717) is 0 Å². The van der Waals surface area contributed by atoms with Crippen molar-refractivity contribution in [2.45, 2.75) is 12.6 Å². The SMILES string of the molecule is COCCC(F)C(=O)O. The van der Waals surface area contributed by atoms with Gasteiger partial charge in [0.1, 0.15) is 0 Å².